The van der Waals surface area contributed by atoms with Gasteiger partial charge in [-0.1, -0.05) is 6.07 Å². The minimum atomic E-state index is -0.430. The number of nitrogens with zero attached hydrogens (tertiary/aromatic N) is 2. The molecule has 3 rings (SSSR count). The van der Waals surface area contributed by atoms with Gasteiger partial charge in [-0.05, 0) is 12.1 Å². The molecule has 1 fully saturated rings. The average Bonchev–Trinajstić information content (AvgIpc) is 2.66. The third-order valence-corrected chi connectivity index (χ3v) is 3.04. The molecule has 0 spiro atoms. The highest BCUT2D eigenvalue weighted by molar-refractivity contribution is 6.23. The van der Waals surface area contributed by atoms with E-state index in [-0.39, 0.29) is 0 Å². The average molecular weight is 231 g/mol. The molecule has 2 heterocycles. The van der Waals surface area contributed by atoms with Gasteiger partial charge in [-0.25, -0.2) is 0 Å². The van der Waals surface area contributed by atoms with Crippen molar-refractivity contribution < 1.29 is 14.3 Å². The van der Waals surface area contributed by atoms with E-state index in [0.717, 1.165) is 18.8 Å². The maximum Gasteiger partial charge on any atom is 0.283 e. The third-order valence-electron chi connectivity index (χ3n) is 3.04. The summed E-state index contributed by atoms with van der Waals surface area (Å²) >= 11 is 0. The molecule has 0 unspecified atom stereocenters. The summed E-state index contributed by atoms with van der Waals surface area (Å²) in [7, 11) is 0. The van der Waals surface area contributed by atoms with E-state index in [0.29, 0.717) is 24.3 Å². The Kier molecular flexibility index (Phi) is 2.33. The van der Waals surface area contributed by atoms with E-state index in [1.165, 1.54) is 0 Å². The molecule has 0 aliphatic carbocycles. The second kappa shape index (κ2) is 3.85. The smallest absolute Gasteiger partial charge is 0.283 e. The van der Waals surface area contributed by atoms with E-state index >= 15 is 0 Å². The van der Waals surface area contributed by atoms with E-state index in [2.05, 4.69) is 10.2 Å². The first-order valence-corrected chi connectivity index (χ1v) is 5.53. The van der Waals surface area contributed by atoms with Gasteiger partial charge in [0.15, 0.2) is 0 Å². The molecule has 0 bridgehead atoms. The van der Waals surface area contributed by atoms with Crippen LogP contribution < -0.4 is 10.2 Å². The minimum absolute atomic E-state index is 0.416. The molecule has 2 amide bonds. The van der Waals surface area contributed by atoms with Crippen LogP contribution in [0.4, 0.5) is 5.69 Å². The van der Waals surface area contributed by atoms with E-state index < -0.39 is 11.8 Å². The van der Waals surface area contributed by atoms with Gasteiger partial charge in [-0.3, -0.25) is 9.59 Å². The van der Waals surface area contributed by atoms with Crippen LogP contribution in [0.15, 0.2) is 18.2 Å². The van der Waals surface area contributed by atoms with Crippen molar-refractivity contribution in [1.29, 1.82) is 0 Å². The Morgan fingerprint density at radius 3 is 2.65 bits per heavy atom. The fourth-order valence-corrected chi connectivity index (χ4v) is 2.22. The fourth-order valence-electron chi connectivity index (χ4n) is 2.22. The lowest BCUT2D eigenvalue weighted by molar-refractivity contribution is 0.0873. The number of rotatable bonds is 1. The van der Waals surface area contributed by atoms with E-state index in [4.69, 9.17) is 4.74 Å². The number of benzene rings is 1. The second-order valence-electron chi connectivity index (χ2n) is 4.02. The van der Waals surface area contributed by atoms with Gasteiger partial charge in [0.25, 0.3) is 11.8 Å². The van der Waals surface area contributed by atoms with Gasteiger partial charge in [0, 0.05) is 13.1 Å². The van der Waals surface area contributed by atoms with Crippen molar-refractivity contribution in [3.05, 3.63) is 29.3 Å². The van der Waals surface area contributed by atoms with Crippen molar-refractivity contribution in [2.75, 3.05) is 31.2 Å². The highest BCUT2D eigenvalue weighted by Gasteiger charge is 2.33. The number of ether oxygens (including phenoxy) is 1. The summed E-state index contributed by atoms with van der Waals surface area (Å²) in [4.78, 5) is 25.2. The Morgan fingerprint density at radius 2 is 1.88 bits per heavy atom. The zero-order chi connectivity index (χ0) is 11.8. The van der Waals surface area contributed by atoms with Gasteiger partial charge in [0.2, 0.25) is 0 Å². The maximum absolute atomic E-state index is 11.7. The SMILES string of the molecule is O=C1[N]C(=O)c2c1cccc2N1CCOCC1. The van der Waals surface area contributed by atoms with Crippen LogP contribution in [0.3, 0.4) is 0 Å². The molecule has 17 heavy (non-hydrogen) atoms. The first-order chi connectivity index (χ1) is 8.27. The highest BCUT2D eigenvalue weighted by Crippen LogP contribution is 2.28. The number of carbonyl (C=O) groups is 2. The van der Waals surface area contributed by atoms with Crippen LogP contribution >= 0.6 is 0 Å². The Bertz CT molecular complexity index is 493. The number of carbonyl (C=O) groups excluding carboxylic acids is 2. The normalized spacial score (nSPS) is 19.2. The Hall–Kier alpha value is -1.88. The van der Waals surface area contributed by atoms with Gasteiger partial charge in [0.1, 0.15) is 0 Å². The maximum atomic E-state index is 11.7. The lowest BCUT2D eigenvalue weighted by atomic mass is 10.1. The van der Waals surface area contributed by atoms with Crippen LogP contribution in [0.25, 0.3) is 0 Å². The van der Waals surface area contributed by atoms with Crippen molar-refractivity contribution >= 4 is 17.5 Å². The summed E-state index contributed by atoms with van der Waals surface area (Å²) in [5.41, 5.74) is 1.66. The van der Waals surface area contributed by atoms with Crippen LogP contribution in [-0.4, -0.2) is 38.1 Å². The zero-order valence-electron chi connectivity index (χ0n) is 9.18. The second-order valence-corrected chi connectivity index (χ2v) is 4.02. The molecule has 1 saturated heterocycles. The van der Waals surface area contributed by atoms with Gasteiger partial charge >= 0.3 is 0 Å². The summed E-state index contributed by atoms with van der Waals surface area (Å²) in [5.74, 6) is -0.854. The van der Waals surface area contributed by atoms with Crippen LogP contribution in [-0.2, 0) is 4.74 Å². The van der Waals surface area contributed by atoms with Crippen molar-refractivity contribution in [2.45, 2.75) is 0 Å². The van der Waals surface area contributed by atoms with Crippen LogP contribution in [0, 0.1) is 0 Å². The number of hydrogen-bond donors (Lipinski definition) is 0. The van der Waals surface area contributed by atoms with Crippen LogP contribution in [0.2, 0.25) is 0 Å². The zero-order valence-corrected chi connectivity index (χ0v) is 9.18. The Labute approximate surface area is 98.4 Å². The van der Waals surface area contributed by atoms with E-state index in [1.807, 2.05) is 6.07 Å². The summed E-state index contributed by atoms with van der Waals surface area (Å²) < 4.78 is 5.27. The predicted octanol–water partition coefficient (Wildman–Crippen LogP) is 0.422. The summed E-state index contributed by atoms with van der Waals surface area (Å²) in [6.45, 7) is 2.75. The molecule has 0 atom stereocenters. The largest absolute Gasteiger partial charge is 0.378 e. The van der Waals surface area contributed by atoms with Gasteiger partial charge in [0.05, 0.1) is 30.0 Å². The highest BCUT2D eigenvalue weighted by atomic mass is 16.5. The van der Waals surface area contributed by atoms with E-state index in [9.17, 15) is 9.59 Å². The molecule has 0 aromatic heterocycles. The van der Waals surface area contributed by atoms with E-state index in [1.54, 1.807) is 12.1 Å². The Balaban J connectivity index is 2.06. The minimum Gasteiger partial charge on any atom is -0.378 e. The molecule has 1 aromatic rings. The third kappa shape index (κ3) is 1.59. The summed E-state index contributed by atoms with van der Waals surface area (Å²) in [6, 6.07) is 5.29. The lowest BCUT2D eigenvalue weighted by Crippen LogP contribution is -2.37. The molecule has 87 valence electrons. The van der Waals surface area contributed by atoms with Gasteiger partial charge in [-0.2, -0.15) is 5.32 Å². The molecule has 2 aliphatic heterocycles. The number of amides is 2. The first kappa shape index (κ1) is 10.3. The molecule has 0 saturated carbocycles. The molecule has 1 radical (unpaired) electrons. The molecule has 0 N–H and O–H groups in total. The number of imide groups is 1. The molecule has 2 aliphatic rings. The quantitative estimate of drug-likeness (QED) is 0.657. The molecule has 1 aromatic carbocycles. The summed E-state index contributed by atoms with van der Waals surface area (Å²) in [5, 5.41) is 3.48. The first-order valence-electron chi connectivity index (χ1n) is 5.53. The number of morpholine rings is 1. The summed E-state index contributed by atoms with van der Waals surface area (Å²) in [6.07, 6.45) is 0. The fraction of sp³-hybridized carbons (Fsp3) is 0.333. The number of anilines is 1. The number of fused-ring (bicyclic) bond motifs is 1. The molecular weight excluding hydrogens is 220 g/mol. The predicted molar refractivity (Wildman–Crippen MR) is 60.3 cm³/mol. The van der Waals surface area contributed by atoms with Gasteiger partial charge in [-0.15, -0.1) is 0 Å². The molecular formula is C12H11N2O3. The van der Waals surface area contributed by atoms with Crippen molar-refractivity contribution in [3.8, 4) is 0 Å². The van der Waals surface area contributed by atoms with Gasteiger partial charge < -0.3 is 9.64 Å². The molecule has 5 heteroatoms. The standard InChI is InChI=1S/C12H11N2O3/c15-11-8-2-1-3-9(10(8)12(16)13-11)14-4-6-17-7-5-14/h1-3H,4-7H2. The lowest BCUT2D eigenvalue weighted by Gasteiger charge is -2.29. The van der Waals surface area contributed by atoms with Crippen molar-refractivity contribution in [2.24, 2.45) is 0 Å². The molecule has 5 nitrogen and oxygen atoms in total. The van der Waals surface area contributed by atoms with Crippen LogP contribution in [0.5, 0.6) is 0 Å². The van der Waals surface area contributed by atoms with Crippen molar-refractivity contribution in [1.82, 2.24) is 5.32 Å². The monoisotopic (exact) mass is 231 g/mol. The topological polar surface area (TPSA) is 60.7 Å². The van der Waals surface area contributed by atoms with Crippen molar-refractivity contribution in [3.63, 3.8) is 0 Å². The number of hydrogen-bond acceptors (Lipinski definition) is 4. The Morgan fingerprint density at radius 1 is 1.12 bits per heavy atom. The van der Waals surface area contributed by atoms with Crippen LogP contribution in [0.1, 0.15) is 20.7 Å².